The van der Waals surface area contributed by atoms with Gasteiger partial charge in [-0.3, -0.25) is 9.69 Å². The van der Waals surface area contributed by atoms with Gasteiger partial charge in [0.15, 0.2) is 0 Å². The lowest BCUT2D eigenvalue weighted by Gasteiger charge is -2.41. The highest BCUT2D eigenvalue weighted by molar-refractivity contribution is 7.99. The molecular formula is C29H36N4OS. The van der Waals surface area contributed by atoms with E-state index in [4.69, 9.17) is 0 Å². The zero-order valence-electron chi connectivity index (χ0n) is 21.1. The Labute approximate surface area is 213 Å². The van der Waals surface area contributed by atoms with Crippen molar-refractivity contribution in [2.24, 2.45) is 0 Å². The number of allylic oxidation sites excluding steroid dienone is 1. The van der Waals surface area contributed by atoms with Crippen LogP contribution in [0.4, 0.5) is 0 Å². The molecule has 1 amide bonds. The van der Waals surface area contributed by atoms with E-state index in [9.17, 15) is 4.79 Å². The number of carbonyl (C=O) groups excluding carboxylic acids is 1. The minimum Gasteiger partial charge on any atom is -0.345 e. The van der Waals surface area contributed by atoms with Gasteiger partial charge in [0.25, 0.3) is 5.91 Å². The summed E-state index contributed by atoms with van der Waals surface area (Å²) in [6, 6.07) is 15.5. The number of H-pyrrole nitrogens is 1. The fraction of sp³-hybridized carbons (Fsp3) is 0.448. The van der Waals surface area contributed by atoms with Crippen molar-refractivity contribution in [1.29, 1.82) is 0 Å². The highest BCUT2D eigenvalue weighted by atomic mass is 32.2. The number of hydrogen-bond donors (Lipinski definition) is 1. The maximum absolute atomic E-state index is 13.2. The number of imidazole rings is 1. The van der Waals surface area contributed by atoms with E-state index in [0.29, 0.717) is 16.9 Å². The number of para-hydroxylation sites is 1. The van der Waals surface area contributed by atoms with E-state index in [2.05, 4.69) is 59.9 Å². The fourth-order valence-electron chi connectivity index (χ4n) is 5.54. The third-order valence-corrected chi connectivity index (χ3v) is 8.55. The van der Waals surface area contributed by atoms with Crippen molar-refractivity contribution in [2.45, 2.75) is 62.6 Å². The molecule has 5 rings (SSSR count). The van der Waals surface area contributed by atoms with Crippen molar-refractivity contribution < 1.29 is 4.79 Å². The molecule has 0 radical (unpaired) electrons. The summed E-state index contributed by atoms with van der Waals surface area (Å²) in [6.45, 7) is 10.7. The van der Waals surface area contributed by atoms with Gasteiger partial charge in [0.1, 0.15) is 5.52 Å². The summed E-state index contributed by atoms with van der Waals surface area (Å²) in [5.41, 5.74) is 6.83. The highest BCUT2D eigenvalue weighted by Crippen LogP contribution is 2.31. The first-order valence-electron chi connectivity index (χ1n) is 12.9. The van der Waals surface area contributed by atoms with E-state index in [1.54, 1.807) is 11.9 Å². The molecule has 0 spiro atoms. The van der Waals surface area contributed by atoms with Crippen LogP contribution in [-0.4, -0.2) is 63.1 Å². The van der Waals surface area contributed by atoms with Crippen molar-refractivity contribution in [3.63, 3.8) is 0 Å². The zero-order chi connectivity index (χ0) is 24.4. The molecule has 2 aromatic carbocycles. The molecule has 3 heterocycles. The van der Waals surface area contributed by atoms with Crippen LogP contribution in [0.3, 0.4) is 0 Å². The molecule has 0 atom stereocenters. The minimum atomic E-state index is 0.110. The number of benzene rings is 2. The van der Waals surface area contributed by atoms with E-state index in [0.717, 1.165) is 62.9 Å². The average Bonchev–Trinajstić information content (AvgIpc) is 3.37. The van der Waals surface area contributed by atoms with Crippen molar-refractivity contribution in [2.75, 3.05) is 26.2 Å². The first-order valence-corrected chi connectivity index (χ1v) is 13.8. The van der Waals surface area contributed by atoms with Gasteiger partial charge in [0.2, 0.25) is 0 Å². The second-order valence-electron chi connectivity index (χ2n) is 10.1. The molecular weight excluding hydrogens is 452 g/mol. The molecule has 0 saturated carbocycles. The number of rotatable bonds is 5. The second-order valence-corrected chi connectivity index (χ2v) is 11.7. The van der Waals surface area contributed by atoms with E-state index in [1.807, 2.05) is 34.9 Å². The van der Waals surface area contributed by atoms with Crippen LogP contribution in [0.1, 0.15) is 62.4 Å². The number of amides is 1. The Morgan fingerprint density at radius 1 is 1.03 bits per heavy atom. The Morgan fingerprint density at radius 3 is 2.43 bits per heavy atom. The van der Waals surface area contributed by atoms with Crippen LogP contribution in [0.2, 0.25) is 0 Å². The number of aromatic nitrogens is 2. The summed E-state index contributed by atoms with van der Waals surface area (Å²) in [6.07, 6.45) is 6.06. The summed E-state index contributed by atoms with van der Waals surface area (Å²) in [5, 5.41) is 0.611. The van der Waals surface area contributed by atoms with Gasteiger partial charge in [-0.05, 0) is 68.0 Å². The zero-order valence-corrected chi connectivity index (χ0v) is 21.9. The molecule has 2 fully saturated rings. The molecule has 0 unspecified atom stereocenters. The number of fused-ring (bicyclic) bond motifs is 1. The van der Waals surface area contributed by atoms with Gasteiger partial charge in [0, 0.05) is 42.4 Å². The Bertz CT molecular complexity index is 1190. The van der Waals surface area contributed by atoms with E-state index in [-0.39, 0.29) is 5.91 Å². The van der Waals surface area contributed by atoms with Gasteiger partial charge in [-0.25, -0.2) is 4.98 Å². The number of likely N-dealkylation sites (tertiary alicyclic amines) is 2. The standard InChI is InChI=1S/C29H36N4OS/c1-20(2)35-25-9-7-22(8-10-25)21(3)23-11-15-32(16-12-23)24-13-17-33(18-14-24)29(34)26-5-4-6-27-28(26)31-19-30-27/h4-10,19-20,24H,11-18H2,1-3H3,(H,30,31). The summed E-state index contributed by atoms with van der Waals surface area (Å²) in [4.78, 5) is 26.7. The predicted molar refractivity (Wildman–Crippen MR) is 146 cm³/mol. The molecule has 2 aliphatic heterocycles. The van der Waals surface area contributed by atoms with Crippen LogP contribution in [0.25, 0.3) is 16.6 Å². The molecule has 5 nitrogen and oxygen atoms in total. The number of aromatic amines is 1. The van der Waals surface area contributed by atoms with Crippen LogP contribution in [0.5, 0.6) is 0 Å². The molecule has 1 N–H and O–H groups in total. The molecule has 2 saturated heterocycles. The van der Waals surface area contributed by atoms with Crippen LogP contribution < -0.4 is 0 Å². The third kappa shape index (κ3) is 5.34. The van der Waals surface area contributed by atoms with Gasteiger partial charge >= 0.3 is 0 Å². The smallest absolute Gasteiger partial charge is 0.256 e. The summed E-state index contributed by atoms with van der Waals surface area (Å²) < 4.78 is 0. The molecule has 2 aliphatic rings. The number of nitrogens with zero attached hydrogens (tertiary/aromatic N) is 3. The maximum atomic E-state index is 13.2. The van der Waals surface area contributed by atoms with Gasteiger partial charge in [-0.2, -0.15) is 0 Å². The minimum absolute atomic E-state index is 0.110. The Morgan fingerprint density at radius 2 is 1.74 bits per heavy atom. The number of carbonyl (C=O) groups is 1. The lowest BCUT2D eigenvalue weighted by atomic mass is 9.92. The lowest BCUT2D eigenvalue weighted by molar-refractivity contribution is 0.0610. The molecule has 3 aromatic rings. The monoisotopic (exact) mass is 488 g/mol. The topological polar surface area (TPSA) is 52.2 Å². The van der Waals surface area contributed by atoms with Crippen LogP contribution in [0, 0.1) is 0 Å². The summed E-state index contributed by atoms with van der Waals surface area (Å²) >= 11 is 1.92. The van der Waals surface area contributed by atoms with E-state index >= 15 is 0 Å². The molecule has 1 aromatic heterocycles. The quantitative estimate of drug-likeness (QED) is 0.432. The van der Waals surface area contributed by atoms with Gasteiger partial charge in [-0.1, -0.05) is 37.6 Å². The maximum Gasteiger partial charge on any atom is 0.256 e. The number of hydrogen-bond acceptors (Lipinski definition) is 4. The SMILES string of the molecule is CC(=C1CCN(C2CCN(C(=O)c3cccc4[nH]cnc34)CC2)CC1)c1ccc(SC(C)C)cc1. The largest absolute Gasteiger partial charge is 0.345 e. The van der Waals surface area contributed by atoms with Gasteiger partial charge < -0.3 is 9.88 Å². The normalized spacial score (nSPS) is 17.9. The molecule has 0 bridgehead atoms. The Hall–Kier alpha value is -2.57. The predicted octanol–water partition coefficient (Wildman–Crippen LogP) is 6.24. The number of piperidine rings is 2. The fourth-order valence-corrected chi connectivity index (χ4v) is 6.37. The first-order chi connectivity index (χ1) is 17.0. The summed E-state index contributed by atoms with van der Waals surface area (Å²) in [5.74, 6) is 0.110. The third-order valence-electron chi connectivity index (χ3n) is 7.54. The van der Waals surface area contributed by atoms with Crippen molar-refractivity contribution in [1.82, 2.24) is 19.8 Å². The summed E-state index contributed by atoms with van der Waals surface area (Å²) in [7, 11) is 0. The van der Waals surface area contributed by atoms with Crippen LogP contribution >= 0.6 is 11.8 Å². The molecule has 6 heteroatoms. The molecule has 0 aliphatic carbocycles. The molecule has 184 valence electrons. The van der Waals surface area contributed by atoms with Gasteiger partial charge in [-0.15, -0.1) is 11.8 Å². The van der Waals surface area contributed by atoms with Gasteiger partial charge in [0.05, 0.1) is 17.4 Å². The first kappa shape index (κ1) is 24.1. The van der Waals surface area contributed by atoms with Crippen molar-refractivity contribution in [3.05, 3.63) is 65.5 Å². The van der Waals surface area contributed by atoms with Crippen molar-refractivity contribution >= 4 is 34.3 Å². The lowest BCUT2D eigenvalue weighted by Crippen LogP contribution is -2.48. The number of thioether (sulfide) groups is 1. The van der Waals surface area contributed by atoms with Crippen LogP contribution in [-0.2, 0) is 0 Å². The van der Waals surface area contributed by atoms with Crippen molar-refractivity contribution in [3.8, 4) is 0 Å². The Kier molecular flexibility index (Phi) is 7.30. The van der Waals surface area contributed by atoms with E-state index < -0.39 is 0 Å². The average molecular weight is 489 g/mol. The Balaban J connectivity index is 1.15. The molecule has 35 heavy (non-hydrogen) atoms. The van der Waals surface area contributed by atoms with Crippen LogP contribution in [0.15, 0.2) is 59.3 Å². The highest BCUT2D eigenvalue weighted by Gasteiger charge is 2.29. The van der Waals surface area contributed by atoms with E-state index in [1.165, 1.54) is 16.0 Å². The number of nitrogens with one attached hydrogen (secondary N) is 1. The second kappa shape index (κ2) is 10.6.